The number of carbonyl (C=O) groups is 2. The molecule has 5 nitrogen and oxygen atoms in total. The number of likely N-dealkylation sites (tertiary alicyclic amines) is 1. The quantitative estimate of drug-likeness (QED) is 0.893. The summed E-state index contributed by atoms with van der Waals surface area (Å²) in [4.78, 5) is 26.0. The summed E-state index contributed by atoms with van der Waals surface area (Å²) in [6.45, 7) is 2.73. The van der Waals surface area contributed by atoms with Crippen molar-refractivity contribution in [2.75, 3.05) is 25.6 Å². The molecule has 1 aromatic rings. The van der Waals surface area contributed by atoms with Gasteiger partial charge in [-0.25, -0.2) is 0 Å². The van der Waals surface area contributed by atoms with Crippen LogP contribution in [0.5, 0.6) is 0 Å². The Hall–Kier alpha value is -1.30. The normalized spacial score (nSPS) is 19.4. The molecule has 0 unspecified atom stereocenters. The molecular weight excluding hydrogens is 327 g/mol. The first kappa shape index (κ1) is 17.1. The first-order chi connectivity index (χ1) is 10.4. The smallest absolute Gasteiger partial charge is 0.229 e. The number of rotatable bonds is 5. The second-order valence-corrected chi connectivity index (χ2v) is 6.21. The molecule has 0 bridgehead atoms. The predicted molar refractivity (Wildman–Crippen MR) is 86.2 cm³/mol. The third-order valence-electron chi connectivity index (χ3n) is 3.66. The van der Waals surface area contributed by atoms with Crippen molar-refractivity contribution in [2.45, 2.75) is 19.4 Å². The minimum Gasteiger partial charge on any atom is -0.383 e. The van der Waals surface area contributed by atoms with Gasteiger partial charge in [-0.05, 0) is 25.1 Å². The number of halogens is 2. The van der Waals surface area contributed by atoms with Crippen molar-refractivity contribution >= 4 is 40.7 Å². The SMILES string of the molecule is COC[C@@H](C)N1C[C@H](C(=O)Nc2cc(Cl)ccc2Cl)CC1=O. The number of methoxy groups -OCH3 is 1. The number of nitrogens with zero attached hydrogens (tertiary/aromatic N) is 1. The maximum Gasteiger partial charge on any atom is 0.229 e. The van der Waals surface area contributed by atoms with Crippen LogP contribution in [-0.2, 0) is 14.3 Å². The Morgan fingerprint density at radius 3 is 2.91 bits per heavy atom. The molecule has 0 saturated carbocycles. The molecule has 2 atom stereocenters. The zero-order valence-corrected chi connectivity index (χ0v) is 13.9. The van der Waals surface area contributed by atoms with Crippen molar-refractivity contribution in [3.8, 4) is 0 Å². The van der Waals surface area contributed by atoms with Crippen molar-refractivity contribution < 1.29 is 14.3 Å². The van der Waals surface area contributed by atoms with Crippen LogP contribution in [0.15, 0.2) is 18.2 Å². The van der Waals surface area contributed by atoms with Gasteiger partial charge in [-0.2, -0.15) is 0 Å². The third-order valence-corrected chi connectivity index (χ3v) is 4.22. The van der Waals surface area contributed by atoms with Crippen molar-refractivity contribution in [1.29, 1.82) is 0 Å². The maximum absolute atomic E-state index is 12.3. The molecule has 22 heavy (non-hydrogen) atoms. The Labute approximate surface area is 139 Å². The number of amides is 2. The molecule has 120 valence electrons. The van der Waals surface area contributed by atoms with Crippen LogP contribution in [0.25, 0.3) is 0 Å². The van der Waals surface area contributed by atoms with E-state index in [1.54, 1.807) is 30.2 Å². The first-order valence-electron chi connectivity index (χ1n) is 6.96. The molecule has 0 aromatic heterocycles. The van der Waals surface area contributed by atoms with Crippen LogP contribution < -0.4 is 5.32 Å². The lowest BCUT2D eigenvalue weighted by Gasteiger charge is -2.23. The number of benzene rings is 1. The van der Waals surface area contributed by atoms with Gasteiger partial charge in [0.25, 0.3) is 0 Å². The van der Waals surface area contributed by atoms with Gasteiger partial charge in [0.1, 0.15) is 0 Å². The van der Waals surface area contributed by atoms with E-state index in [4.69, 9.17) is 27.9 Å². The van der Waals surface area contributed by atoms with Crippen molar-refractivity contribution in [2.24, 2.45) is 5.92 Å². The van der Waals surface area contributed by atoms with E-state index in [-0.39, 0.29) is 24.3 Å². The topological polar surface area (TPSA) is 58.6 Å². The number of hydrogen-bond acceptors (Lipinski definition) is 3. The summed E-state index contributed by atoms with van der Waals surface area (Å²) >= 11 is 11.9. The highest BCUT2D eigenvalue weighted by Crippen LogP contribution is 2.27. The monoisotopic (exact) mass is 344 g/mol. The zero-order chi connectivity index (χ0) is 16.3. The van der Waals surface area contributed by atoms with Crippen LogP contribution in [-0.4, -0.2) is 43.0 Å². The van der Waals surface area contributed by atoms with Gasteiger partial charge < -0.3 is 15.0 Å². The van der Waals surface area contributed by atoms with E-state index in [1.165, 1.54) is 0 Å². The molecule has 1 aliphatic rings. The average molecular weight is 345 g/mol. The fraction of sp³-hybridized carbons (Fsp3) is 0.467. The van der Waals surface area contributed by atoms with E-state index in [0.29, 0.717) is 28.9 Å². The molecular formula is C15H18Cl2N2O3. The lowest BCUT2D eigenvalue weighted by atomic mass is 10.1. The predicted octanol–water partition coefficient (Wildman–Crippen LogP) is 2.82. The largest absolute Gasteiger partial charge is 0.383 e. The first-order valence-corrected chi connectivity index (χ1v) is 7.72. The Morgan fingerprint density at radius 1 is 1.50 bits per heavy atom. The Kier molecular flexibility index (Phi) is 5.67. The molecule has 0 spiro atoms. The van der Waals surface area contributed by atoms with Gasteiger partial charge in [0.05, 0.1) is 29.3 Å². The molecule has 2 amide bonds. The van der Waals surface area contributed by atoms with Crippen molar-refractivity contribution in [3.05, 3.63) is 28.2 Å². The van der Waals surface area contributed by atoms with Gasteiger partial charge in [0.15, 0.2) is 0 Å². The van der Waals surface area contributed by atoms with E-state index >= 15 is 0 Å². The summed E-state index contributed by atoms with van der Waals surface area (Å²) in [5.41, 5.74) is 0.454. The zero-order valence-electron chi connectivity index (χ0n) is 12.4. The second-order valence-electron chi connectivity index (χ2n) is 5.36. The number of ether oxygens (including phenoxy) is 1. The van der Waals surface area contributed by atoms with Crippen LogP contribution in [0.1, 0.15) is 13.3 Å². The van der Waals surface area contributed by atoms with Gasteiger partial charge in [-0.3, -0.25) is 9.59 Å². The van der Waals surface area contributed by atoms with E-state index in [2.05, 4.69) is 5.32 Å². The number of hydrogen-bond donors (Lipinski definition) is 1. The van der Waals surface area contributed by atoms with Crippen molar-refractivity contribution in [1.82, 2.24) is 4.90 Å². The highest BCUT2D eigenvalue weighted by molar-refractivity contribution is 6.35. The highest BCUT2D eigenvalue weighted by Gasteiger charge is 2.36. The van der Waals surface area contributed by atoms with Gasteiger partial charge in [0, 0.05) is 25.1 Å². The number of carbonyl (C=O) groups excluding carboxylic acids is 2. The van der Waals surface area contributed by atoms with Crippen LogP contribution in [0.2, 0.25) is 10.0 Å². The minimum absolute atomic E-state index is 0.0399. The molecule has 0 radical (unpaired) electrons. The fourth-order valence-corrected chi connectivity index (χ4v) is 2.83. The minimum atomic E-state index is -0.401. The maximum atomic E-state index is 12.3. The van der Waals surface area contributed by atoms with Gasteiger partial charge in [0.2, 0.25) is 11.8 Å². The van der Waals surface area contributed by atoms with Gasteiger partial charge >= 0.3 is 0 Å². The van der Waals surface area contributed by atoms with Crippen LogP contribution in [0, 0.1) is 5.92 Å². The Balaban J connectivity index is 2.02. The second kappa shape index (κ2) is 7.31. The Morgan fingerprint density at radius 2 is 2.23 bits per heavy atom. The summed E-state index contributed by atoms with van der Waals surface area (Å²) in [5.74, 6) is -0.673. The van der Waals surface area contributed by atoms with E-state index < -0.39 is 5.92 Å². The van der Waals surface area contributed by atoms with E-state index in [1.807, 2.05) is 6.92 Å². The lowest BCUT2D eigenvalue weighted by Crippen LogP contribution is -2.38. The van der Waals surface area contributed by atoms with Gasteiger partial charge in [-0.1, -0.05) is 23.2 Å². The number of anilines is 1. The standard InChI is InChI=1S/C15H18Cl2N2O3/c1-9(8-22-2)19-7-10(5-14(19)20)15(21)18-13-6-11(16)3-4-12(13)17/h3-4,6,9-10H,5,7-8H2,1-2H3,(H,18,21)/t9-,10-/m1/s1. The van der Waals surface area contributed by atoms with E-state index in [0.717, 1.165) is 0 Å². The summed E-state index contributed by atoms with van der Waals surface area (Å²) in [7, 11) is 1.59. The molecule has 0 aliphatic carbocycles. The molecule has 1 fully saturated rings. The highest BCUT2D eigenvalue weighted by atomic mass is 35.5. The average Bonchev–Trinajstić information content (AvgIpc) is 2.85. The van der Waals surface area contributed by atoms with Crippen LogP contribution in [0.4, 0.5) is 5.69 Å². The third kappa shape index (κ3) is 3.91. The number of nitrogens with one attached hydrogen (secondary N) is 1. The van der Waals surface area contributed by atoms with Crippen LogP contribution in [0.3, 0.4) is 0 Å². The molecule has 7 heteroatoms. The summed E-state index contributed by atoms with van der Waals surface area (Å²) in [6.07, 6.45) is 0.193. The van der Waals surface area contributed by atoms with Crippen molar-refractivity contribution in [3.63, 3.8) is 0 Å². The van der Waals surface area contributed by atoms with Gasteiger partial charge in [-0.15, -0.1) is 0 Å². The molecule has 1 N–H and O–H groups in total. The summed E-state index contributed by atoms with van der Waals surface area (Å²) in [6, 6.07) is 4.80. The molecule has 1 aromatic carbocycles. The molecule has 1 saturated heterocycles. The fourth-order valence-electron chi connectivity index (χ4n) is 2.49. The molecule has 1 heterocycles. The summed E-state index contributed by atoms with van der Waals surface area (Å²) < 4.78 is 5.06. The molecule has 2 rings (SSSR count). The molecule has 1 aliphatic heterocycles. The van der Waals surface area contributed by atoms with E-state index in [9.17, 15) is 9.59 Å². The Bertz CT molecular complexity index is 580. The lowest BCUT2D eigenvalue weighted by molar-refractivity contribution is -0.130. The summed E-state index contributed by atoms with van der Waals surface area (Å²) in [5, 5.41) is 3.63. The van der Waals surface area contributed by atoms with Crippen LogP contribution >= 0.6 is 23.2 Å².